The molecule has 0 aliphatic rings. The predicted octanol–water partition coefficient (Wildman–Crippen LogP) is 3.54. The topological polar surface area (TPSA) is 73.3 Å². The van der Waals surface area contributed by atoms with Gasteiger partial charge < -0.3 is 10.2 Å². The first-order valence-electron chi connectivity index (χ1n) is 6.11. The van der Waals surface area contributed by atoms with Crippen molar-refractivity contribution in [1.82, 2.24) is 0 Å². The van der Waals surface area contributed by atoms with Gasteiger partial charge in [0.05, 0.1) is 10.6 Å². The Balaban J connectivity index is 1.88. The average molecular weight is 320 g/mol. The van der Waals surface area contributed by atoms with Gasteiger partial charge in [-0.1, -0.05) is 11.6 Å². The summed E-state index contributed by atoms with van der Waals surface area (Å²) in [6.45, 7) is 0. The van der Waals surface area contributed by atoms with E-state index in [9.17, 15) is 9.59 Å². The first kappa shape index (κ1) is 14.0. The third-order valence-electron chi connectivity index (χ3n) is 3.15. The number of furan rings is 1. The summed E-state index contributed by atoms with van der Waals surface area (Å²) in [5.41, 5.74) is 7.21. The maximum absolute atomic E-state index is 12.3. The van der Waals surface area contributed by atoms with Gasteiger partial charge in [-0.3, -0.25) is 9.59 Å². The first-order chi connectivity index (χ1) is 10.1. The van der Waals surface area contributed by atoms with E-state index in [0.717, 1.165) is 5.39 Å². The van der Waals surface area contributed by atoms with Crippen LogP contribution in [-0.4, -0.2) is 17.6 Å². The maximum atomic E-state index is 12.3. The molecule has 3 aromatic rings. The molecule has 4 nitrogen and oxygen atoms in total. The lowest BCUT2D eigenvalue weighted by Gasteiger charge is -2.08. The van der Waals surface area contributed by atoms with Gasteiger partial charge in [0.2, 0.25) is 0 Å². The zero-order valence-corrected chi connectivity index (χ0v) is 12.3. The van der Waals surface area contributed by atoms with Crippen LogP contribution in [0.1, 0.15) is 20.7 Å². The SMILES string of the molecule is NC(C(=O)c1csc(Cl)c1)C(=O)c1ccc2occc2c1. The number of nitrogens with two attached hydrogens (primary N) is 1. The minimum atomic E-state index is -1.24. The lowest BCUT2D eigenvalue weighted by atomic mass is 9.98. The van der Waals surface area contributed by atoms with E-state index in [1.807, 2.05) is 0 Å². The van der Waals surface area contributed by atoms with Crippen molar-refractivity contribution in [1.29, 1.82) is 0 Å². The maximum Gasteiger partial charge on any atom is 0.188 e. The van der Waals surface area contributed by atoms with Gasteiger partial charge in [-0.15, -0.1) is 11.3 Å². The van der Waals surface area contributed by atoms with E-state index in [4.69, 9.17) is 21.8 Å². The summed E-state index contributed by atoms with van der Waals surface area (Å²) in [6, 6.07) is 6.97. The summed E-state index contributed by atoms with van der Waals surface area (Å²) in [4.78, 5) is 24.5. The van der Waals surface area contributed by atoms with Gasteiger partial charge in [-0.05, 0) is 30.3 Å². The smallest absolute Gasteiger partial charge is 0.188 e. The van der Waals surface area contributed by atoms with Crippen LogP contribution in [0.15, 0.2) is 46.4 Å². The molecule has 1 aromatic carbocycles. The van der Waals surface area contributed by atoms with Crippen LogP contribution in [0.25, 0.3) is 11.0 Å². The number of Topliss-reactive ketones (excluding diaryl/α,β-unsaturated/α-hetero) is 2. The molecule has 0 saturated heterocycles. The fourth-order valence-electron chi connectivity index (χ4n) is 2.04. The largest absolute Gasteiger partial charge is 0.464 e. The fraction of sp³-hybridized carbons (Fsp3) is 0.0667. The van der Waals surface area contributed by atoms with Crippen LogP contribution in [0, 0.1) is 0 Å². The lowest BCUT2D eigenvalue weighted by molar-refractivity contribution is 0.0863. The van der Waals surface area contributed by atoms with Gasteiger partial charge in [0, 0.05) is 21.9 Å². The lowest BCUT2D eigenvalue weighted by Crippen LogP contribution is -2.38. The minimum Gasteiger partial charge on any atom is -0.464 e. The van der Waals surface area contributed by atoms with Crippen molar-refractivity contribution in [2.24, 2.45) is 5.73 Å². The number of thiophene rings is 1. The third-order valence-corrected chi connectivity index (χ3v) is 4.25. The Bertz CT molecular complexity index is 836. The molecule has 0 fully saturated rings. The quantitative estimate of drug-likeness (QED) is 0.589. The van der Waals surface area contributed by atoms with E-state index in [1.54, 1.807) is 29.6 Å². The molecule has 1 atom stereocenters. The number of hydrogen-bond donors (Lipinski definition) is 1. The molecule has 1 unspecified atom stereocenters. The second kappa shape index (κ2) is 5.44. The van der Waals surface area contributed by atoms with Gasteiger partial charge in [0.1, 0.15) is 11.6 Å². The second-order valence-electron chi connectivity index (χ2n) is 4.52. The summed E-state index contributed by atoms with van der Waals surface area (Å²) in [7, 11) is 0. The molecular weight excluding hydrogens is 310 g/mol. The predicted molar refractivity (Wildman–Crippen MR) is 82.2 cm³/mol. The number of fused-ring (bicyclic) bond motifs is 1. The van der Waals surface area contributed by atoms with Crippen molar-refractivity contribution < 1.29 is 14.0 Å². The molecule has 2 aromatic heterocycles. The van der Waals surface area contributed by atoms with Crippen LogP contribution in [-0.2, 0) is 0 Å². The molecule has 0 amide bonds. The molecule has 0 aliphatic carbocycles. The normalized spacial score (nSPS) is 12.5. The van der Waals surface area contributed by atoms with E-state index in [0.29, 0.717) is 21.0 Å². The molecular formula is C15H10ClNO3S. The highest BCUT2D eigenvalue weighted by atomic mass is 35.5. The Labute approximate surface area is 129 Å². The summed E-state index contributed by atoms with van der Waals surface area (Å²) in [5.74, 6) is -0.860. The van der Waals surface area contributed by atoms with Crippen LogP contribution in [0.3, 0.4) is 0 Å². The standard InChI is InChI=1S/C15H10ClNO3S/c16-12-6-10(7-21-12)15(19)13(17)14(18)9-1-2-11-8(5-9)3-4-20-11/h1-7,13H,17H2. The van der Waals surface area contributed by atoms with Crippen molar-refractivity contribution >= 4 is 45.5 Å². The number of carbonyl (C=O) groups is 2. The highest BCUT2D eigenvalue weighted by molar-refractivity contribution is 7.14. The molecule has 2 heterocycles. The average Bonchev–Trinajstić information content (AvgIpc) is 3.12. The summed E-state index contributed by atoms with van der Waals surface area (Å²) >= 11 is 7.01. The Kier molecular flexibility index (Phi) is 3.63. The molecule has 0 bridgehead atoms. The Morgan fingerprint density at radius 2 is 1.90 bits per heavy atom. The third kappa shape index (κ3) is 2.63. The number of halogens is 1. The van der Waals surface area contributed by atoms with Gasteiger partial charge in [0.25, 0.3) is 0 Å². The molecule has 106 valence electrons. The Hall–Kier alpha value is -1.95. The molecule has 0 aliphatic heterocycles. The van der Waals surface area contributed by atoms with Gasteiger partial charge in [-0.25, -0.2) is 0 Å². The molecule has 0 radical (unpaired) electrons. The van der Waals surface area contributed by atoms with Crippen LogP contribution in [0.5, 0.6) is 0 Å². The van der Waals surface area contributed by atoms with Crippen molar-refractivity contribution in [2.45, 2.75) is 6.04 Å². The van der Waals surface area contributed by atoms with Crippen molar-refractivity contribution in [3.63, 3.8) is 0 Å². The highest BCUT2D eigenvalue weighted by Crippen LogP contribution is 2.22. The zero-order valence-electron chi connectivity index (χ0n) is 10.7. The van der Waals surface area contributed by atoms with E-state index in [-0.39, 0.29) is 0 Å². The molecule has 6 heteroatoms. The van der Waals surface area contributed by atoms with Crippen LogP contribution in [0.2, 0.25) is 4.34 Å². The summed E-state index contributed by atoms with van der Waals surface area (Å²) in [5, 5.41) is 2.39. The number of rotatable bonds is 4. The van der Waals surface area contributed by atoms with Gasteiger partial charge in [-0.2, -0.15) is 0 Å². The van der Waals surface area contributed by atoms with Crippen LogP contribution < -0.4 is 5.73 Å². The molecule has 0 saturated carbocycles. The number of carbonyl (C=O) groups excluding carboxylic acids is 2. The number of hydrogen-bond acceptors (Lipinski definition) is 5. The molecule has 2 N–H and O–H groups in total. The monoisotopic (exact) mass is 319 g/mol. The van der Waals surface area contributed by atoms with Crippen LogP contribution >= 0.6 is 22.9 Å². The molecule has 21 heavy (non-hydrogen) atoms. The van der Waals surface area contributed by atoms with Crippen molar-refractivity contribution in [2.75, 3.05) is 0 Å². The van der Waals surface area contributed by atoms with E-state index < -0.39 is 17.6 Å². The Morgan fingerprint density at radius 1 is 1.14 bits per heavy atom. The van der Waals surface area contributed by atoms with E-state index in [1.165, 1.54) is 23.7 Å². The minimum absolute atomic E-state index is 0.357. The highest BCUT2D eigenvalue weighted by Gasteiger charge is 2.25. The van der Waals surface area contributed by atoms with Gasteiger partial charge in [0.15, 0.2) is 11.6 Å². The Morgan fingerprint density at radius 3 is 2.62 bits per heavy atom. The molecule has 0 spiro atoms. The van der Waals surface area contributed by atoms with E-state index in [2.05, 4.69) is 0 Å². The second-order valence-corrected chi connectivity index (χ2v) is 6.06. The van der Waals surface area contributed by atoms with Crippen molar-refractivity contribution in [3.05, 3.63) is 57.4 Å². The van der Waals surface area contributed by atoms with E-state index >= 15 is 0 Å². The fourth-order valence-corrected chi connectivity index (χ4v) is 2.91. The zero-order chi connectivity index (χ0) is 15.0. The van der Waals surface area contributed by atoms with Gasteiger partial charge >= 0.3 is 0 Å². The van der Waals surface area contributed by atoms with Crippen LogP contribution in [0.4, 0.5) is 0 Å². The number of ketones is 2. The number of benzene rings is 1. The summed E-state index contributed by atoms with van der Waals surface area (Å²) in [6.07, 6.45) is 1.54. The molecule has 3 rings (SSSR count). The summed E-state index contributed by atoms with van der Waals surface area (Å²) < 4.78 is 5.69. The van der Waals surface area contributed by atoms with Crippen molar-refractivity contribution in [3.8, 4) is 0 Å². The first-order valence-corrected chi connectivity index (χ1v) is 7.37.